The molecule has 8 heteroatoms. The van der Waals surface area contributed by atoms with Crippen molar-refractivity contribution < 1.29 is 24.6 Å². The van der Waals surface area contributed by atoms with Gasteiger partial charge in [-0.3, -0.25) is 4.79 Å². The molecular formula is C8H15N3O5. The average Bonchev–Trinajstić information content (AvgIpc) is 2.16. The molecule has 92 valence electrons. The molecule has 0 aromatic heterocycles. The van der Waals surface area contributed by atoms with Gasteiger partial charge < -0.3 is 26.6 Å². The summed E-state index contributed by atoms with van der Waals surface area (Å²) in [5.74, 6) is -2.69. The molecule has 0 heterocycles. The number of hydrogen-bond acceptors (Lipinski definition) is 4. The van der Waals surface area contributed by atoms with Crippen LogP contribution < -0.4 is 16.4 Å². The maximum atomic E-state index is 11.1. The van der Waals surface area contributed by atoms with E-state index in [1.165, 1.54) is 0 Å². The Kier molecular flexibility index (Phi) is 6.61. The average molecular weight is 233 g/mol. The van der Waals surface area contributed by atoms with E-state index in [0.717, 1.165) is 0 Å². The third-order valence-electron chi connectivity index (χ3n) is 1.65. The van der Waals surface area contributed by atoms with Crippen molar-refractivity contribution in [3.63, 3.8) is 0 Å². The van der Waals surface area contributed by atoms with Gasteiger partial charge in [0, 0.05) is 6.54 Å². The summed E-state index contributed by atoms with van der Waals surface area (Å²) in [6, 6.07) is -2.16. The Labute approximate surface area is 91.8 Å². The highest BCUT2D eigenvalue weighted by Gasteiger charge is 2.22. The fourth-order valence-electron chi connectivity index (χ4n) is 0.888. The van der Waals surface area contributed by atoms with Crippen molar-refractivity contribution in [3.8, 4) is 0 Å². The number of hydrogen-bond donors (Lipinski definition) is 5. The Hall–Kier alpha value is -1.83. The summed E-state index contributed by atoms with van der Waals surface area (Å²) in [7, 11) is 0. The van der Waals surface area contributed by atoms with Gasteiger partial charge in [-0.05, 0) is 13.0 Å². The van der Waals surface area contributed by atoms with Gasteiger partial charge in [0.1, 0.15) is 6.04 Å². The summed E-state index contributed by atoms with van der Waals surface area (Å²) in [5.41, 5.74) is 5.19. The maximum Gasteiger partial charge on any atom is 0.326 e. The van der Waals surface area contributed by atoms with E-state index in [2.05, 4.69) is 5.32 Å². The predicted octanol–water partition coefficient (Wildman–Crippen LogP) is -1.44. The molecule has 0 radical (unpaired) electrons. The number of amides is 2. The van der Waals surface area contributed by atoms with Crippen molar-refractivity contribution in [2.75, 3.05) is 13.1 Å². The number of carboxylic acid groups (broad SMARTS) is 2. The van der Waals surface area contributed by atoms with Crippen LogP contribution in [0.15, 0.2) is 0 Å². The van der Waals surface area contributed by atoms with Crippen LogP contribution in [0.1, 0.15) is 12.8 Å². The first-order chi connectivity index (χ1) is 7.47. The summed E-state index contributed by atoms with van der Waals surface area (Å²) < 4.78 is 0. The molecule has 6 N–H and O–H groups in total. The van der Waals surface area contributed by atoms with Crippen molar-refractivity contribution in [1.82, 2.24) is 10.6 Å². The Morgan fingerprint density at radius 3 is 2.31 bits per heavy atom. The summed E-state index contributed by atoms with van der Waals surface area (Å²) in [6.07, 6.45) is -0.107. The Morgan fingerprint density at radius 1 is 1.25 bits per heavy atom. The third-order valence-corrected chi connectivity index (χ3v) is 1.65. The summed E-state index contributed by atoms with van der Waals surface area (Å²) in [5, 5.41) is 21.4. The van der Waals surface area contributed by atoms with Gasteiger partial charge in [-0.15, -0.1) is 0 Å². The molecule has 0 aromatic carbocycles. The number of urea groups is 1. The summed E-state index contributed by atoms with van der Waals surface area (Å²) in [4.78, 5) is 32.0. The van der Waals surface area contributed by atoms with Gasteiger partial charge in [-0.25, -0.2) is 9.59 Å². The second-order valence-corrected chi connectivity index (χ2v) is 3.03. The molecule has 0 unspecified atom stereocenters. The molecule has 0 spiro atoms. The fourth-order valence-corrected chi connectivity index (χ4v) is 0.888. The molecule has 0 rings (SSSR count). The lowest BCUT2D eigenvalue weighted by Crippen LogP contribution is -2.47. The van der Waals surface area contributed by atoms with E-state index < -0.39 is 30.4 Å². The number of nitrogens with two attached hydrogens (primary N) is 1. The fraction of sp³-hybridized carbons (Fsp3) is 0.625. The zero-order valence-corrected chi connectivity index (χ0v) is 8.60. The van der Waals surface area contributed by atoms with Crippen molar-refractivity contribution in [3.05, 3.63) is 0 Å². The largest absolute Gasteiger partial charge is 0.481 e. The molecule has 0 saturated carbocycles. The zero-order valence-electron chi connectivity index (χ0n) is 8.60. The molecule has 16 heavy (non-hydrogen) atoms. The van der Waals surface area contributed by atoms with E-state index in [9.17, 15) is 14.4 Å². The van der Waals surface area contributed by atoms with Gasteiger partial charge in [0.15, 0.2) is 0 Å². The van der Waals surface area contributed by atoms with E-state index in [-0.39, 0.29) is 0 Å². The van der Waals surface area contributed by atoms with Crippen LogP contribution in [-0.4, -0.2) is 47.3 Å². The van der Waals surface area contributed by atoms with Crippen molar-refractivity contribution >= 4 is 18.0 Å². The molecule has 0 fully saturated rings. The number of carbonyl (C=O) groups excluding carboxylic acids is 1. The van der Waals surface area contributed by atoms with Crippen LogP contribution in [0.3, 0.4) is 0 Å². The van der Waals surface area contributed by atoms with E-state index in [1.54, 1.807) is 0 Å². The number of aliphatic carboxylic acids is 2. The first-order valence-electron chi connectivity index (χ1n) is 4.66. The van der Waals surface area contributed by atoms with Crippen LogP contribution in [-0.2, 0) is 9.59 Å². The van der Waals surface area contributed by atoms with Gasteiger partial charge >= 0.3 is 18.0 Å². The maximum absolute atomic E-state index is 11.1. The molecule has 2 amide bonds. The van der Waals surface area contributed by atoms with Crippen LogP contribution in [0, 0.1) is 0 Å². The molecule has 1 atom stereocenters. The molecule has 8 nitrogen and oxygen atoms in total. The van der Waals surface area contributed by atoms with Crippen molar-refractivity contribution in [1.29, 1.82) is 0 Å². The number of carboxylic acids is 2. The normalized spacial score (nSPS) is 11.6. The van der Waals surface area contributed by atoms with Crippen LogP contribution >= 0.6 is 0 Å². The Morgan fingerprint density at radius 2 is 1.88 bits per heavy atom. The minimum Gasteiger partial charge on any atom is -0.481 e. The van der Waals surface area contributed by atoms with Crippen LogP contribution in [0.4, 0.5) is 4.79 Å². The predicted molar refractivity (Wildman–Crippen MR) is 53.9 cm³/mol. The molecule has 0 aliphatic heterocycles. The molecule has 0 aliphatic carbocycles. The van der Waals surface area contributed by atoms with Gasteiger partial charge in [0.2, 0.25) is 0 Å². The van der Waals surface area contributed by atoms with Crippen LogP contribution in [0.5, 0.6) is 0 Å². The lowest BCUT2D eigenvalue weighted by atomic mass is 10.2. The van der Waals surface area contributed by atoms with Gasteiger partial charge in [-0.1, -0.05) is 0 Å². The van der Waals surface area contributed by atoms with Gasteiger partial charge in [0.05, 0.1) is 6.42 Å². The minimum atomic E-state index is -1.43. The molecule has 0 saturated heterocycles. The highest BCUT2D eigenvalue weighted by molar-refractivity contribution is 5.86. The molecule has 0 bridgehead atoms. The summed E-state index contributed by atoms with van der Waals surface area (Å²) in [6.45, 7) is 0.708. The molecule has 0 aliphatic rings. The molecule has 0 aromatic rings. The van der Waals surface area contributed by atoms with E-state index in [1.807, 2.05) is 5.32 Å². The number of rotatable bonds is 7. The van der Waals surface area contributed by atoms with E-state index in [0.29, 0.717) is 19.5 Å². The number of nitrogens with one attached hydrogen (secondary N) is 2. The lowest BCUT2D eigenvalue weighted by Gasteiger charge is -2.12. The highest BCUT2D eigenvalue weighted by Crippen LogP contribution is 1.92. The minimum absolute atomic E-state index is 0.307. The van der Waals surface area contributed by atoms with Crippen LogP contribution in [0.2, 0.25) is 0 Å². The first-order valence-corrected chi connectivity index (χ1v) is 4.66. The topological polar surface area (TPSA) is 142 Å². The smallest absolute Gasteiger partial charge is 0.326 e. The van der Waals surface area contributed by atoms with Crippen LogP contribution in [0.25, 0.3) is 0 Å². The number of carbonyl (C=O) groups is 3. The highest BCUT2D eigenvalue weighted by atomic mass is 16.4. The summed E-state index contributed by atoms with van der Waals surface area (Å²) >= 11 is 0. The quantitative estimate of drug-likeness (QED) is 0.341. The Bertz CT molecular complexity index is 268. The Balaban J connectivity index is 4.03. The van der Waals surface area contributed by atoms with Crippen molar-refractivity contribution in [2.24, 2.45) is 5.73 Å². The third kappa shape index (κ3) is 6.60. The van der Waals surface area contributed by atoms with Gasteiger partial charge in [0.25, 0.3) is 0 Å². The monoisotopic (exact) mass is 233 g/mol. The lowest BCUT2D eigenvalue weighted by molar-refractivity contribution is -0.145. The second kappa shape index (κ2) is 7.46. The second-order valence-electron chi connectivity index (χ2n) is 3.03. The first kappa shape index (κ1) is 14.2. The van der Waals surface area contributed by atoms with Crippen molar-refractivity contribution in [2.45, 2.75) is 18.9 Å². The van der Waals surface area contributed by atoms with E-state index in [4.69, 9.17) is 15.9 Å². The SMILES string of the molecule is NCCCNC(=O)N[C@H](CC(=O)O)C(=O)O. The molecular weight excluding hydrogens is 218 g/mol. The zero-order chi connectivity index (χ0) is 12.6. The standard InChI is InChI=1S/C8H15N3O5/c9-2-1-3-10-8(16)11-5(7(14)15)4-6(12)13/h5H,1-4,9H2,(H,12,13)(H,14,15)(H2,10,11,16)/t5-/m1/s1. The van der Waals surface area contributed by atoms with Gasteiger partial charge in [-0.2, -0.15) is 0 Å². The van der Waals surface area contributed by atoms with E-state index >= 15 is 0 Å².